The third-order valence-corrected chi connectivity index (χ3v) is 4.69. The molecular weight excluding hydrogens is 381 g/mol. The largest absolute Gasteiger partial charge is 0.480 e. The molecule has 0 bridgehead atoms. The zero-order valence-corrected chi connectivity index (χ0v) is 13.2. The summed E-state index contributed by atoms with van der Waals surface area (Å²) in [5, 5.41) is 9.61. The Balaban J connectivity index is 2.28. The summed E-state index contributed by atoms with van der Waals surface area (Å²) in [6, 6.07) is 4.25. The minimum atomic E-state index is -0.989. The zero-order valence-electron chi connectivity index (χ0n) is 10.3. The van der Waals surface area contributed by atoms with Gasteiger partial charge in [-0.25, -0.2) is 4.79 Å². The van der Waals surface area contributed by atoms with Crippen molar-refractivity contribution in [2.75, 3.05) is 0 Å². The molecule has 1 aromatic rings. The summed E-state index contributed by atoms with van der Waals surface area (Å²) in [5.74, 6) is -1.26. The molecule has 1 saturated carbocycles. The molecule has 1 N–H and O–H groups in total. The summed E-state index contributed by atoms with van der Waals surface area (Å²) in [5.41, 5.74) is 0.436. The molecule has 0 aromatic heterocycles. The van der Waals surface area contributed by atoms with Gasteiger partial charge < -0.3 is 10.0 Å². The van der Waals surface area contributed by atoms with E-state index in [1.54, 1.807) is 18.2 Å². The fraction of sp³-hybridized carbons (Fsp3) is 0.385. The van der Waals surface area contributed by atoms with Crippen LogP contribution in [-0.2, 0) is 4.79 Å². The van der Waals surface area contributed by atoms with E-state index in [0.717, 1.165) is 16.4 Å². The highest BCUT2D eigenvalue weighted by Gasteiger charge is 2.38. The Hall–Kier alpha value is -0.820. The fourth-order valence-electron chi connectivity index (χ4n) is 1.91. The Morgan fingerprint density at radius 3 is 2.58 bits per heavy atom. The molecule has 19 heavy (non-hydrogen) atoms. The predicted molar refractivity (Wildman–Crippen MR) is 80.5 cm³/mol. The van der Waals surface area contributed by atoms with E-state index < -0.39 is 12.0 Å². The van der Waals surface area contributed by atoms with Crippen LogP contribution in [0.1, 0.15) is 30.1 Å². The highest BCUT2D eigenvalue weighted by molar-refractivity contribution is 14.1. The molecule has 0 radical (unpaired) electrons. The van der Waals surface area contributed by atoms with Gasteiger partial charge in [-0.1, -0.05) is 11.6 Å². The van der Waals surface area contributed by atoms with E-state index in [9.17, 15) is 9.59 Å². The molecule has 4 nitrogen and oxygen atoms in total. The Morgan fingerprint density at radius 2 is 2.11 bits per heavy atom. The SMILES string of the molecule is CC(C(=O)O)N(C(=O)c1ccc(I)c(Cl)c1)C1CC1. The number of carbonyl (C=O) groups excluding carboxylic acids is 1. The van der Waals surface area contributed by atoms with Crippen molar-refractivity contribution in [2.45, 2.75) is 31.8 Å². The molecule has 102 valence electrons. The van der Waals surface area contributed by atoms with Crippen LogP contribution in [0.4, 0.5) is 0 Å². The van der Waals surface area contributed by atoms with E-state index in [0.29, 0.717) is 10.6 Å². The predicted octanol–water partition coefficient (Wildman–Crippen LogP) is 3.02. The van der Waals surface area contributed by atoms with Gasteiger partial charge in [-0.15, -0.1) is 0 Å². The number of hydrogen-bond acceptors (Lipinski definition) is 2. The first kappa shape index (κ1) is 14.6. The molecule has 1 unspecified atom stereocenters. The quantitative estimate of drug-likeness (QED) is 0.800. The molecule has 1 aliphatic carbocycles. The number of benzene rings is 1. The molecule has 2 rings (SSSR count). The van der Waals surface area contributed by atoms with Crippen LogP contribution in [0.15, 0.2) is 18.2 Å². The van der Waals surface area contributed by atoms with Gasteiger partial charge in [0.15, 0.2) is 0 Å². The van der Waals surface area contributed by atoms with Crippen molar-refractivity contribution in [3.05, 3.63) is 32.4 Å². The lowest BCUT2D eigenvalue weighted by atomic mass is 10.1. The maximum absolute atomic E-state index is 12.4. The number of carboxylic acid groups (broad SMARTS) is 1. The summed E-state index contributed by atoms with van der Waals surface area (Å²) in [4.78, 5) is 25.0. The fourth-order valence-corrected chi connectivity index (χ4v) is 2.42. The van der Waals surface area contributed by atoms with Crippen molar-refractivity contribution in [3.63, 3.8) is 0 Å². The van der Waals surface area contributed by atoms with Gasteiger partial charge in [0.05, 0.1) is 5.02 Å². The standard InChI is InChI=1S/C13H13ClINO3/c1-7(13(18)19)16(9-3-4-9)12(17)8-2-5-11(15)10(14)6-8/h2,5-7,9H,3-4H2,1H3,(H,18,19). The minimum Gasteiger partial charge on any atom is -0.480 e. The van der Waals surface area contributed by atoms with E-state index in [4.69, 9.17) is 16.7 Å². The summed E-state index contributed by atoms with van der Waals surface area (Å²) >= 11 is 8.09. The molecule has 0 heterocycles. The lowest BCUT2D eigenvalue weighted by molar-refractivity contribution is -0.141. The Morgan fingerprint density at radius 1 is 1.47 bits per heavy atom. The molecule has 0 spiro atoms. The Labute approximate surface area is 129 Å². The van der Waals surface area contributed by atoms with Crippen LogP contribution in [0.5, 0.6) is 0 Å². The summed E-state index contributed by atoms with van der Waals surface area (Å²) in [7, 11) is 0. The number of hydrogen-bond donors (Lipinski definition) is 1. The summed E-state index contributed by atoms with van der Waals surface area (Å²) in [6.07, 6.45) is 1.73. The molecule has 1 fully saturated rings. The molecule has 6 heteroatoms. The number of nitrogens with zero attached hydrogens (tertiary/aromatic N) is 1. The first-order chi connectivity index (χ1) is 8.91. The molecule has 1 atom stereocenters. The third-order valence-electron chi connectivity index (χ3n) is 3.12. The summed E-state index contributed by atoms with van der Waals surface area (Å²) in [6.45, 7) is 1.53. The first-order valence-electron chi connectivity index (χ1n) is 5.92. The van der Waals surface area contributed by atoms with Crippen molar-refractivity contribution >= 4 is 46.1 Å². The maximum Gasteiger partial charge on any atom is 0.326 e. The van der Waals surface area contributed by atoms with Gasteiger partial charge in [0.25, 0.3) is 5.91 Å². The average molecular weight is 394 g/mol. The van der Waals surface area contributed by atoms with Crippen LogP contribution in [0.3, 0.4) is 0 Å². The number of halogens is 2. The van der Waals surface area contributed by atoms with Crippen LogP contribution in [0.2, 0.25) is 5.02 Å². The molecular formula is C13H13ClINO3. The number of carbonyl (C=O) groups is 2. The lowest BCUT2D eigenvalue weighted by Crippen LogP contribution is -2.44. The third kappa shape index (κ3) is 3.20. The molecule has 0 aliphatic heterocycles. The second-order valence-electron chi connectivity index (χ2n) is 4.59. The normalized spacial score (nSPS) is 15.9. The van der Waals surface area contributed by atoms with E-state index in [-0.39, 0.29) is 11.9 Å². The smallest absolute Gasteiger partial charge is 0.326 e. The second kappa shape index (κ2) is 5.66. The van der Waals surface area contributed by atoms with Gasteiger partial charge in [0, 0.05) is 15.2 Å². The van der Waals surface area contributed by atoms with E-state index in [1.165, 1.54) is 11.8 Å². The highest BCUT2D eigenvalue weighted by atomic mass is 127. The van der Waals surface area contributed by atoms with Crippen molar-refractivity contribution in [1.29, 1.82) is 0 Å². The van der Waals surface area contributed by atoms with Crippen LogP contribution in [0.25, 0.3) is 0 Å². The molecule has 1 aromatic carbocycles. The molecule has 0 saturated heterocycles. The van der Waals surface area contributed by atoms with Crippen LogP contribution in [0, 0.1) is 3.57 Å². The highest BCUT2D eigenvalue weighted by Crippen LogP contribution is 2.31. The minimum absolute atomic E-state index is 0.0386. The van der Waals surface area contributed by atoms with Crippen molar-refractivity contribution < 1.29 is 14.7 Å². The zero-order chi connectivity index (χ0) is 14.2. The number of amides is 1. The van der Waals surface area contributed by atoms with Gasteiger partial charge >= 0.3 is 5.97 Å². The van der Waals surface area contributed by atoms with Crippen molar-refractivity contribution in [1.82, 2.24) is 4.90 Å². The molecule has 1 aliphatic rings. The van der Waals surface area contributed by atoms with E-state index in [1.807, 2.05) is 0 Å². The molecule has 1 amide bonds. The monoisotopic (exact) mass is 393 g/mol. The first-order valence-corrected chi connectivity index (χ1v) is 7.38. The second-order valence-corrected chi connectivity index (χ2v) is 6.16. The van der Waals surface area contributed by atoms with Crippen molar-refractivity contribution in [3.8, 4) is 0 Å². The van der Waals surface area contributed by atoms with Gasteiger partial charge in [-0.05, 0) is 60.6 Å². The van der Waals surface area contributed by atoms with Gasteiger partial charge in [0.2, 0.25) is 0 Å². The van der Waals surface area contributed by atoms with E-state index >= 15 is 0 Å². The van der Waals surface area contributed by atoms with Gasteiger partial charge in [0.1, 0.15) is 6.04 Å². The van der Waals surface area contributed by atoms with Gasteiger partial charge in [-0.2, -0.15) is 0 Å². The number of carboxylic acids is 1. The maximum atomic E-state index is 12.4. The van der Waals surface area contributed by atoms with Crippen LogP contribution >= 0.6 is 34.2 Å². The van der Waals surface area contributed by atoms with E-state index in [2.05, 4.69) is 22.6 Å². The Kier molecular flexibility index (Phi) is 4.35. The summed E-state index contributed by atoms with van der Waals surface area (Å²) < 4.78 is 0.861. The lowest BCUT2D eigenvalue weighted by Gasteiger charge is -2.26. The average Bonchev–Trinajstić information content (AvgIpc) is 3.17. The topological polar surface area (TPSA) is 57.6 Å². The van der Waals surface area contributed by atoms with Crippen LogP contribution in [-0.4, -0.2) is 34.0 Å². The number of rotatable bonds is 4. The van der Waals surface area contributed by atoms with Gasteiger partial charge in [-0.3, -0.25) is 4.79 Å². The van der Waals surface area contributed by atoms with Crippen molar-refractivity contribution in [2.24, 2.45) is 0 Å². The Bertz CT molecular complexity index is 531. The van der Waals surface area contributed by atoms with Crippen LogP contribution < -0.4 is 0 Å². The number of aliphatic carboxylic acids is 1.